The number of hydrogen-bond acceptors (Lipinski definition) is 1. The Morgan fingerprint density at radius 3 is 1.56 bits per heavy atom. The van der Waals surface area contributed by atoms with Crippen molar-refractivity contribution in [2.24, 2.45) is 11.1 Å². The number of alkyl halides is 1. The number of nitrogens with two attached hydrogens (primary N) is 1. The van der Waals surface area contributed by atoms with Crippen LogP contribution in [0.15, 0.2) is 0 Å². The molecule has 1 nitrogen and oxygen atoms in total. The summed E-state index contributed by atoms with van der Waals surface area (Å²) in [6, 6.07) is 0. The summed E-state index contributed by atoms with van der Waals surface area (Å²) in [5, 5.41) is 0. The molecule has 0 heterocycles. The monoisotopic (exact) mass is 133 g/mol. The maximum absolute atomic E-state index is 13.1. The highest BCUT2D eigenvalue weighted by Gasteiger charge is 2.35. The lowest BCUT2D eigenvalue weighted by Crippen LogP contribution is -2.40. The van der Waals surface area contributed by atoms with Gasteiger partial charge in [-0.3, -0.25) is 0 Å². The number of halogens is 1. The van der Waals surface area contributed by atoms with Crippen molar-refractivity contribution < 1.29 is 4.39 Å². The van der Waals surface area contributed by atoms with Crippen LogP contribution in [0, 0.1) is 5.41 Å². The Hall–Kier alpha value is -0.110. The summed E-state index contributed by atoms with van der Waals surface area (Å²) in [5.74, 6) is 0. The summed E-state index contributed by atoms with van der Waals surface area (Å²) in [7, 11) is 0. The molecule has 0 aliphatic carbocycles. The lowest BCUT2D eigenvalue weighted by Gasteiger charge is -2.33. The van der Waals surface area contributed by atoms with Crippen LogP contribution in [0.25, 0.3) is 0 Å². The van der Waals surface area contributed by atoms with Gasteiger partial charge in [-0.05, 0) is 13.8 Å². The van der Waals surface area contributed by atoms with E-state index in [1.165, 1.54) is 0 Å². The first-order valence-corrected chi connectivity index (χ1v) is 3.20. The first kappa shape index (κ1) is 8.89. The maximum atomic E-state index is 13.1. The van der Waals surface area contributed by atoms with Gasteiger partial charge in [0.1, 0.15) is 5.67 Å². The van der Waals surface area contributed by atoms with Crippen LogP contribution in [0.3, 0.4) is 0 Å². The molecular formula is C7H16FN. The zero-order valence-corrected chi connectivity index (χ0v) is 6.66. The lowest BCUT2D eigenvalue weighted by molar-refractivity contribution is 0.0600. The molecule has 2 heteroatoms. The molecule has 0 aromatic heterocycles. The molecule has 0 aliphatic rings. The van der Waals surface area contributed by atoms with Gasteiger partial charge in [-0.1, -0.05) is 13.8 Å². The third kappa shape index (κ3) is 1.94. The minimum Gasteiger partial charge on any atom is -0.330 e. The molecule has 0 saturated heterocycles. The molecule has 2 N–H and O–H groups in total. The van der Waals surface area contributed by atoms with Crippen molar-refractivity contribution in [1.82, 2.24) is 0 Å². The molecule has 0 atom stereocenters. The molecular weight excluding hydrogens is 117 g/mol. The topological polar surface area (TPSA) is 26.0 Å². The van der Waals surface area contributed by atoms with E-state index in [4.69, 9.17) is 5.73 Å². The van der Waals surface area contributed by atoms with E-state index in [1.54, 1.807) is 13.8 Å². The van der Waals surface area contributed by atoms with Crippen LogP contribution in [0.1, 0.15) is 27.7 Å². The molecule has 0 fully saturated rings. The summed E-state index contributed by atoms with van der Waals surface area (Å²) in [4.78, 5) is 0. The number of hydrogen-bond donors (Lipinski definition) is 1. The molecule has 0 amide bonds. The van der Waals surface area contributed by atoms with Crippen LogP contribution < -0.4 is 5.73 Å². The van der Waals surface area contributed by atoms with Crippen molar-refractivity contribution in [3.63, 3.8) is 0 Å². The predicted molar refractivity (Wildman–Crippen MR) is 38.0 cm³/mol. The highest BCUT2D eigenvalue weighted by Crippen LogP contribution is 2.32. The molecule has 56 valence electrons. The SMILES string of the molecule is CC(C)(F)C(C)(C)CN. The molecule has 0 unspecified atom stereocenters. The van der Waals surface area contributed by atoms with Crippen LogP contribution in [0.4, 0.5) is 4.39 Å². The van der Waals surface area contributed by atoms with Crippen LogP contribution in [-0.2, 0) is 0 Å². The Morgan fingerprint density at radius 1 is 1.22 bits per heavy atom. The van der Waals surface area contributed by atoms with Gasteiger partial charge in [0.05, 0.1) is 0 Å². The molecule has 0 aromatic rings. The zero-order valence-electron chi connectivity index (χ0n) is 6.66. The molecule has 0 radical (unpaired) electrons. The third-order valence-electron chi connectivity index (χ3n) is 2.12. The molecule has 9 heavy (non-hydrogen) atoms. The van der Waals surface area contributed by atoms with Gasteiger partial charge in [-0.2, -0.15) is 0 Å². The van der Waals surface area contributed by atoms with Crippen LogP contribution >= 0.6 is 0 Å². The van der Waals surface area contributed by atoms with Gasteiger partial charge < -0.3 is 5.73 Å². The van der Waals surface area contributed by atoms with Gasteiger partial charge in [-0.15, -0.1) is 0 Å². The maximum Gasteiger partial charge on any atom is 0.111 e. The van der Waals surface area contributed by atoms with E-state index in [0.717, 1.165) is 0 Å². The van der Waals surface area contributed by atoms with Crippen molar-refractivity contribution >= 4 is 0 Å². The molecule has 0 aliphatic heterocycles. The van der Waals surface area contributed by atoms with Gasteiger partial charge >= 0.3 is 0 Å². The summed E-state index contributed by atoms with van der Waals surface area (Å²) in [6.07, 6.45) is 0. The first-order chi connectivity index (χ1) is 3.81. The second-order valence-electron chi connectivity index (χ2n) is 3.56. The minimum absolute atomic E-state index is 0.385. The largest absolute Gasteiger partial charge is 0.330 e. The van der Waals surface area contributed by atoms with Crippen molar-refractivity contribution in [3.8, 4) is 0 Å². The minimum atomic E-state index is -1.18. The van der Waals surface area contributed by atoms with E-state index in [0.29, 0.717) is 6.54 Å². The fourth-order valence-electron chi connectivity index (χ4n) is 0.243. The third-order valence-corrected chi connectivity index (χ3v) is 2.12. The first-order valence-electron chi connectivity index (χ1n) is 3.20. The van der Waals surface area contributed by atoms with Crippen LogP contribution in [-0.4, -0.2) is 12.2 Å². The van der Waals surface area contributed by atoms with Gasteiger partial charge in [-0.25, -0.2) is 4.39 Å². The molecule has 0 spiro atoms. The Kier molecular flexibility index (Phi) is 2.23. The van der Waals surface area contributed by atoms with Crippen molar-refractivity contribution in [2.45, 2.75) is 33.4 Å². The summed E-state index contributed by atoms with van der Waals surface area (Å²) < 4.78 is 13.1. The van der Waals surface area contributed by atoms with Crippen LogP contribution in [0.2, 0.25) is 0 Å². The predicted octanol–water partition coefficient (Wildman–Crippen LogP) is 1.72. The van der Waals surface area contributed by atoms with Gasteiger partial charge in [0.25, 0.3) is 0 Å². The van der Waals surface area contributed by atoms with Crippen molar-refractivity contribution in [1.29, 1.82) is 0 Å². The Bertz CT molecular complexity index is 91.6. The number of rotatable bonds is 2. The normalized spacial score (nSPS) is 14.0. The highest BCUT2D eigenvalue weighted by molar-refractivity contribution is 4.86. The molecule has 0 bridgehead atoms. The smallest absolute Gasteiger partial charge is 0.111 e. The molecule has 0 saturated carbocycles. The van der Waals surface area contributed by atoms with E-state index < -0.39 is 11.1 Å². The Morgan fingerprint density at radius 2 is 1.56 bits per heavy atom. The quantitative estimate of drug-likeness (QED) is 0.609. The second kappa shape index (κ2) is 2.25. The van der Waals surface area contributed by atoms with E-state index >= 15 is 0 Å². The van der Waals surface area contributed by atoms with E-state index in [2.05, 4.69) is 0 Å². The lowest BCUT2D eigenvalue weighted by atomic mass is 9.79. The fraction of sp³-hybridized carbons (Fsp3) is 1.00. The zero-order chi connectivity index (χ0) is 7.71. The van der Waals surface area contributed by atoms with Gasteiger partial charge in [0.2, 0.25) is 0 Å². The van der Waals surface area contributed by atoms with Crippen molar-refractivity contribution in [2.75, 3.05) is 6.54 Å². The molecule has 0 rings (SSSR count). The second-order valence-corrected chi connectivity index (χ2v) is 3.56. The Labute approximate surface area is 56.4 Å². The highest BCUT2D eigenvalue weighted by atomic mass is 19.1. The van der Waals surface area contributed by atoms with Crippen LogP contribution in [0.5, 0.6) is 0 Å². The van der Waals surface area contributed by atoms with E-state index in [9.17, 15) is 4.39 Å². The van der Waals surface area contributed by atoms with E-state index in [1.807, 2.05) is 13.8 Å². The van der Waals surface area contributed by atoms with Gasteiger partial charge in [0, 0.05) is 12.0 Å². The summed E-state index contributed by atoms with van der Waals surface area (Å²) in [5.41, 5.74) is 3.76. The summed E-state index contributed by atoms with van der Waals surface area (Å²) >= 11 is 0. The fourth-order valence-corrected chi connectivity index (χ4v) is 0.243. The average Bonchev–Trinajstić information content (AvgIpc) is 1.64. The van der Waals surface area contributed by atoms with Crippen molar-refractivity contribution in [3.05, 3.63) is 0 Å². The standard InChI is InChI=1S/C7H16FN/c1-6(2,5-9)7(3,4)8/h5,9H2,1-4H3. The summed E-state index contributed by atoms with van der Waals surface area (Å²) in [6.45, 7) is 7.15. The molecule has 0 aromatic carbocycles. The van der Waals surface area contributed by atoms with Gasteiger partial charge in [0.15, 0.2) is 0 Å². The Balaban J connectivity index is 4.14. The average molecular weight is 133 g/mol. The van der Waals surface area contributed by atoms with E-state index in [-0.39, 0.29) is 0 Å².